The summed E-state index contributed by atoms with van der Waals surface area (Å²) in [6, 6.07) is -0.723. The highest BCUT2D eigenvalue weighted by Gasteiger charge is 2.31. The van der Waals surface area contributed by atoms with E-state index < -0.39 is 12.0 Å². The highest BCUT2D eigenvalue weighted by atomic mass is 16.4. The Kier molecular flexibility index (Phi) is 6.27. The Morgan fingerprint density at radius 2 is 2.05 bits per heavy atom. The molecule has 0 aromatic heterocycles. The molecule has 3 amide bonds. The Morgan fingerprint density at radius 3 is 2.65 bits per heavy atom. The third-order valence-electron chi connectivity index (χ3n) is 3.44. The van der Waals surface area contributed by atoms with Gasteiger partial charge in [-0.15, -0.1) is 0 Å². The summed E-state index contributed by atoms with van der Waals surface area (Å²) in [5.74, 6) is -1.17. The maximum Gasteiger partial charge on any atom is 0.318 e. The summed E-state index contributed by atoms with van der Waals surface area (Å²) in [6.07, 6.45) is 2.49. The number of nitrogens with zero attached hydrogens (tertiary/aromatic N) is 1. The van der Waals surface area contributed by atoms with Crippen LogP contribution in [0, 0.1) is 5.92 Å². The summed E-state index contributed by atoms with van der Waals surface area (Å²) in [5.41, 5.74) is 0. The third kappa shape index (κ3) is 4.71. The zero-order chi connectivity index (χ0) is 15.1. The van der Waals surface area contributed by atoms with Crippen LogP contribution in [0.15, 0.2) is 0 Å². The molecule has 114 valence electrons. The van der Waals surface area contributed by atoms with E-state index in [0.717, 1.165) is 12.8 Å². The molecule has 1 saturated heterocycles. The number of nitrogens with one attached hydrogen (secondary N) is 2. The fourth-order valence-corrected chi connectivity index (χ4v) is 2.35. The van der Waals surface area contributed by atoms with Gasteiger partial charge >= 0.3 is 12.0 Å². The van der Waals surface area contributed by atoms with Crippen molar-refractivity contribution in [3.05, 3.63) is 0 Å². The molecule has 2 atom stereocenters. The van der Waals surface area contributed by atoms with E-state index in [-0.39, 0.29) is 24.3 Å². The molecule has 0 saturated carbocycles. The second-order valence-electron chi connectivity index (χ2n) is 5.21. The monoisotopic (exact) mass is 285 g/mol. The van der Waals surface area contributed by atoms with Crippen LogP contribution < -0.4 is 10.6 Å². The number of carbonyl (C=O) groups excluding carboxylic acids is 2. The van der Waals surface area contributed by atoms with E-state index in [2.05, 4.69) is 10.6 Å². The van der Waals surface area contributed by atoms with Crippen molar-refractivity contribution in [2.24, 2.45) is 5.92 Å². The van der Waals surface area contributed by atoms with Crippen LogP contribution in [-0.2, 0) is 9.59 Å². The molecule has 1 rings (SSSR count). The van der Waals surface area contributed by atoms with Crippen molar-refractivity contribution in [3.63, 3.8) is 0 Å². The second-order valence-corrected chi connectivity index (χ2v) is 5.21. The van der Waals surface area contributed by atoms with E-state index >= 15 is 0 Å². The van der Waals surface area contributed by atoms with Gasteiger partial charge in [-0.3, -0.25) is 9.59 Å². The third-order valence-corrected chi connectivity index (χ3v) is 3.44. The van der Waals surface area contributed by atoms with E-state index in [1.54, 1.807) is 14.0 Å². The van der Waals surface area contributed by atoms with Gasteiger partial charge < -0.3 is 20.6 Å². The van der Waals surface area contributed by atoms with Gasteiger partial charge in [0, 0.05) is 26.6 Å². The van der Waals surface area contributed by atoms with Gasteiger partial charge in [0.05, 0.1) is 0 Å². The number of piperidine rings is 1. The minimum Gasteiger partial charge on any atom is -0.481 e. The van der Waals surface area contributed by atoms with Gasteiger partial charge in [-0.1, -0.05) is 6.92 Å². The number of hydrogen-bond acceptors (Lipinski definition) is 3. The van der Waals surface area contributed by atoms with Gasteiger partial charge in [0.1, 0.15) is 6.04 Å². The van der Waals surface area contributed by atoms with Crippen LogP contribution in [0.1, 0.15) is 32.6 Å². The molecule has 2 unspecified atom stereocenters. The van der Waals surface area contributed by atoms with E-state index in [0.29, 0.717) is 19.5 Å². The molecule has 0 aromatic rings. The molecule has 7 nitrogen and oxygen atoms in total. The SMILES string of the molecule is CNC(=O)C1CCCCN1C(=O)NCC(C)CC(=O)O. The van der Waals surface area contributed by atoms with Crippen molar-refractivity contribution < 1.29 is 19.5 Å². The molecule has 1 aliphatic heterocycles. The molecule has 0 spiro atoms. The Morgan fingerprint density at radius 1 is 1.35 bits per heavy atom. The first kappa shape index (κ1) is 16.3. The number of rotatable bonds is 5. The molecule has 3 N–H and O–H groups in total. The number of carbonyl (C=O) groups is 3. The molecule has 20 heavy (non-hydrogen) atoms. The fourth-order valence-electron chi connectivity index (χ4n) is 2.35. The zero-order valence-electron chi connectivity index (χ0n) is 12.0. The van der Waals surface area contributed by atoms with E-state index in [4.69, 9.17) is 5.11 Å². The average molecular weight is 285 g/mol. The molecule has 0 radical (unpaired) electrons. The molecule has 0 aromatic carbocycles. The Hall–Kier alpha value is -1.79. The number of urea groups is 1. The first-order valence-corrected chi connectivity index (χ1v) is 6.93. The summed E-state index contributed by atoms with van der Waals surface area (Å²) >= 11 is 0. The number of carboxylic acids is 1. The van der Waals surface area contributed by atoms with Crippen molar-refractivity contribution in [2.45, 2.75) is 38.6 Å². The summed E-state index contributed by atoms with van der Waals surface area (Å²) in [4.78, 5) is 36.0. The smallest absolute Gasteiger partial charge is 0.318 e. The van der Waals surface area contributed by atoms with E-state index in [1.807, 2.05) is 0 Å². The number of hydrogen-bond donors (Lipinski definition) is 3. The summed E-state index contributed by atoms with van der Waals surface area (Å²) in [7, 11) is 1.56. The normalized spacial score (nSPS) is 20.1. The van der Waals surface area contributed by atoms with Gasteiger partial charge in [-0.2, -0.15) is 0 Å². The largest absolute Gasteiger partial charge is 0.481 e. The summed E-state index contributed by atoms with van der Waals surface area (Å²) < 4.78 is 0. The predicted octanol–water partition coefficient (Wildman–Crippen LogP) is 0.407. The second kappa shape index (κ2) is 7.72. The Bertz CT molecular complexity index is 373. The molecule has 1 aliphatic rings. The first-order chi connectivity index (χ1) is 9.45. The minimum absolute atomic E-state index is 0.0131. The minimum atomic E-state index is -0.882. The highest BCUT2D eigenvalue weighted by molar-refractivity contribution is 5.87. The average Bonchev–Trinajstić information content (AvgIpc) is 2.43. The lowest BCUT2D eigenvalue weighted by Gasteiger charge is -2.34. The van der Waals surface area contributed by atoms with Crippen LogP contribution in [0.2, 0.25) is 0 Å². The van der Waals surface area contributed by atoms with Crippen molar-refractivity contribution >= 4 is 17.9 Å². The van der Waals surface area contributed by atoms with Crippen molar-refractivity contribution in [1.29, 1.82) is 0 Å². The number of likely N-dealkylation sites (N-methyl/N-ethyl adjacent to an activating group) is 1. The van der Waals surface area contributed by atoms with E-state index in [9.17, 15) is 14.4 Å². The maximum atomic E-state index is 12.1. The Balaban J connectivity index is 2.51. The molecule has 0 aliphatic carbocycles. The number of amides is 3. The van der Waals surface area contributed by atoms with Crippen molar-refractivity contribution in [1.82, 2.24) is 15.5 Å². The van der Waals surface area contributed by atoms with Crippen LogP contribution in [0.5, 0.6) is 0 Å². The molecular weight excluding hydrogens is 262 g/mol. The summed E-state index contributed by atoms with van der Waals surface area (Å²) in [5, 5.41) is 14.0. The van der Waals surface area contributed by atoms with Gasteiger partial charge in [0.25, 0.3) is 0 Å². The van der Waals surface area contributed by atoms with E-state index in [1.165, 1.54) is 4.90 Å². The molecule has 7 heteroatoms. The Labute approximate surface area is 118 Å². The quantitative estimate of drug-likeness (QED) is 0.681. The lowest BCUT2D eigenvalue weighted by atomic mass is 10.0. The topological polar surface area (TPSA) is 98.7 Å². The predicted molar refractivity (Wildman–Crippen MR) is 73.2 cm³/mol. The van der Waals surface area contributed by atoms with Crippen LogP contribution in [0.25, 0.3) is 0 Å². The van der Waals surface area contributed by atoms with Crippen LogP contribution >= 0.6 is 0 Å². The number of likely N-dealkylation sites (tertiary alicyclic amines) is 1. The van der Waals surface area contributed by atoms with Crippen molar-refractivity contribution in [2.75, 3.05) is 20.1 Å². The lowest BCUT2D eigenvalue weighted by Crippen LogP contribution is -2.54. The van der Waals surface area contributed by atoms with Crippen LogP contribution in [0.4, 0.5) is 4.79 Å². The van der Waals surface area contributed by atoms with Crippen molar-refractivity contribution in [3.8, 4) is 0 Å². The molecular formula is C13H23N3O4. The molecule has 0 bridgehead atoms. The fraction of sp³-hybridized carbons (Fsp3) is 0.769. The lowest BCUT2D eigenvalue weighted by molar-refractivity contribution is -0.137. The van der Waals surface area contributed by atoms with Crippen LogP contribution in [0.3, 0.4) is 0 Å². The molecule has 1 fully saturated rings. The van der Waals surface area contributed by atoms with Gasteiger partial charge in [0.2, 0.25) is 5.91 Å². The zero-order valence-corrected chi connectivity index (χ0v) is 12.0. The number of aliphatic carboxylic acids is 1. The summed E-state index contributed by atoms with van der Waals surface area (Å²) in [6.45, 7) is 2.61. The number of carboxylic acid groups (broad SMARTS) is 1. The maximum absolute atomic E-state index is 12.1. The molecule has 1 heterocycles. The first-order valence-electron chi connectivity index (χ1n) is 6.93. The highest BCUT2D eigenvalue weighted by Crippen LogP contribution is 2.17. The van der Waals surface area contributed by atoms with Gasteiger partial charge in [-0.05, 0) is 25.2 Å². The van der Waals surface area contributed by atoms with Crippen LogP contribution in [-0.4, -0.2) is 54.1 Å². The van der Waals surface area contributed by atoms with Gasteiger partial charge in [0.15, 0.2) is 0 Å². The van der Waals surface area contributed by atoms with Gasteiger partial charge in [-0.25, -0.2) is 4.79 Å². The standard InChI is InChI=1S/C13H23N3O4/c1-9(7-11(17)18)8-15-13(20)16-6-4-3-5-10(16)12(19)14-2/h9-10H,3-8H2,1-2H3,(H,14,19)(H,15,20)(H,17,18).